The molecule has 6 heteroatoms. The monoisotopic (exact) mass is 409 g/mol. The maximum Gasteiger partial charge on any atom is 0.335 e. The fourth-order valence-electron chi connectivity index (χ4n) is 5.40. The summed E-state index contributed by atoms with van der Waals surface area (Å²) in [5, 5.41) is 19.6. The quantitative estimate of drug-likeness (QED) is 0.798. The van der Waals surface area contributed by atoms with Crippen molar-refractivity contribution in [2.24, 2.45) is 5.92 Å². The SMILES string of the molecule is CC1(C)Oc2c(O)cccc2[C@@H]2O[C@@H]3CCN(Cc4cccc(C(=O)O)c4)[C@H]3C[C@H]21. The molecule has 158 valence electrons. The molecule has 0 amide bonds. The van der Waals surface area contributed by atoms with Gasteiger partial charge < -0.3 is 19.7 Å². The lowest BCUT2D eigenvalue weighted by Crippen LogP contribution is -2.53. The number of benzene rings is 2. The first-order valence-electron chi connectivity index (χ1n) is 10.6. The zero-order valence-electron chi connectivity index (χ0n) is 17.2. The highest BCUT2D eigenvalue weighted by Gasteiger charge is 2.53. The zero-order valence-corrected chi connectivity index (χ0v) is 17.2. The van der Waals surface area contributed by atoms with E-state index in [9.17, 15) is 15.0 Å². The number of phenolic OH excluding ortho intramolecular Hbond substituents is 1. The van der Waals surface area contributed by atoms with Crippen LogP contribution in [0.15, 0.2) is 42.5 Å². The molecule has 0 unspecified atom stereocenters. The van der Waals surface area contributed by atoms with Gasteiger partial charge >= 0.3 is 5.97 Å². The topological polar surface area (TPSA) is 79.2 Å². The summed E-state index contributed by atoms with van der Waals surface area (Å²) < 4.78 is 12.9. The molecule has 2 N–H and O–H groups in total. The zero-order chi connectivity index (χ0) is 21.0. The van der Waals surface area contributed by atoms with Crippen molar-refractivity contribution < 1.29 is 24.5 Å². The Morgan fingerprint density at radius 1 is 1.23 bits per heavy atom. The molecule has 3 heterocycles. The molecule has 2 saturated heterocycles. The Morgan fingerprint density at radius 2 is 2.03 bits per heavy atom. The van der Waals surface area contributed by atoms with Crippen LogP contribution in [-0.2, 0) is 11.3 Å². The molecule has 30 heavy (non-hydrogen) atoms. The lowest BCUT2D eigenvalue weighted by Gasteiger charge is -2.50. The van der Waals surface area contributed by atoms with Gasteiger partial charge in [0.25, 0.3) is 0 Å². The number of carboxylic acids is 1. The van der Waals surface area contributed by atoms with Crippen LogP contribution in [0.3, 0.4) is 0 Å². The first-order valence-corrected chi connectivity index (χ1v) is 10.6. The molecule has 4 atom stereocenters. The summed E-state index contributed by atoms with van der Waals surface area (Å²) in [5.41, 5.74) is 1.80. The summed E-state index contributed by atoms with van der Waals surface area (Å²) in [4.78, 5) is 13.7. The molecule has 2 aromatic carbocycles. The summed E-state index contributed by atoms with van der Waals surface area (Å²) in [6, 6.07) is 12.9. The van der Waals surface area contributed by atoms with E-state index in [2.05, 4.69) is 18.7 Å². The number of aromatic hydroxyl groups is 1. The van der Waals surface area contributed by atoms with Crippen LogP contribution < -0.4 is 4.74 Å². The fourth-order valence-corrected chi connectivity index (χ4v) is 5.40. The Morgan fingerprint density at radius 3 is 2.83 bits per heavy atom. The van der Waals surface area contributed by atoms with Gasteiger partial charge in [0.15, 0.2) is 11.5 Å². The Bertz CT molecular complexity index is 987. The van der Waals surface area contributed by atoms with Crippen LogP contribution in [0.25, 0.3) is 0 Å². The van der Waals surface area contributed by atoms with E-state index in [0.29, 0.717) is 17.9 Å². The highest BCUT2D eigenvalue weighted by atomic mass is 16.5. The molecule has 2 aromatic rings. The number of carboxylic acid groups (broad SMARTS) is 1. The van der Waals surface area contributed by atoms with Gasteiger partial charge in [0.2, 0.25) is 0 Å². The number of hydrogen-bond donors (Lipinski definition) is 2. The van der Waals surface area contributed by atoms with Crippen LogP contribution in [-0.4, -0.2) is 45.4 Å². The number of phenols is 1. The predicted octanol–water partition coefficient (Wildman–Crippen LogP) is 3.98. The molecule has 5 rings (SSSR count). The number of carbonyl (C=O) groups is 1. The Hall–Kier alpha value is -2.57. The van der Waals surface area contributed by atoms with Crippen molar-refractivity contribution in [2.75, 3.05) is 6.54 Å². The van der Waals surface area contributed by atoms with Crippen molar-refractivity contribution in [3.63, 3.8) is 0 Å². The van der Waals surface area contributed by atoms with Crippen molar-refractivity contribution >= 4 is 5.97 Å². The van der Waals surface area contributed by atoms with E-state index in [0.717, 1.165) is 30.5 Å². The first kappa shape index (κ1) is 19.4. The predicted molar refractivity (Wildman–Crippen MR) is 111 cm³/mol. The third kappa shape index (κ3) is 3.15. The number of rotatable bonds is 3. The number of ether oxygens (including phenoxy) is 2. The smallest absolute Gasteiger partial charge is 0.335 e. The molecule has 0 bridgehead atoms. The highest BCUT2D eigenvalue weighted by molar-refractivity contribution is 5.87. The van der Waals surface area contributed by atoms with Crippen LogP contribution in [0.5, 0.6) is 11.5 Å². The van der Waals surface area contributed by atoms with Gasteiger partial charge in [0, 0.05) is 30.6 Å². The van der Waals surface area contributed by atoms with E-state index < -0.39 is 11.6 Å². The molecule has 0 spiro atoms. The Labute approximate surface area is 176 Å². The van der Waals surface area contributed by atoms with E-state index in [1.165, 1.54) is 0 Å². The maximum absolute atomic E-state index is 11.3. The van der Waals surface area contributed by atoms with E-state index in [4.69, 9.17) is 9.47 Å². The number of para-hydroxylation sites is 1. The average Bonchev–Trinajstić information content (AvgIpc) is 3.10. The van der Waals surface area contributed by atoms with Crippen LogP contribution in [0.4, 0.5) is 0 Å². The van der Waals surface area contributed by atoms with Crippen molar-refractivity contribution in [3.05, 3.63) is 59.2 Å². The van der Waals surface area contributed by atoms with Crippen molar-refractivity contribution in [3.8, 4) is 11.5 Å². The van der Waals surface area contributed by atoms with Gasteiger partial charge in [0.1, 0.15) is 5.60 Å². The summed E-state index contributed by atoms with van der Waals surface area (Å²) in [6.45, 7) is 5.76. The lowest BCUT2D eigenvalue weighted by atomic mass is 9.74. The van der Waals surface area contributed by atoms with Gasteiger partial charge in [-0.25, -0.2) is 4.79 Å². The second kappa shape index (κ2) is 7.00. The van der Waals surface area contributed by atoms with E-state index in [1.807, 2.05) is 18.2 Å². The molecular formula is C24H27NO5. The van der Waals surface area contributed by atoms with Crippen molar-refractivity contribution in [1.29, 1.82) is 0 Å². The minimum Gasteiger partial charge on any atom is -0.504 e. The second-order valence-corrected chi connectivity index (χ2v) is 9.17. The van der Waals surface area contributed by atoms with E-state index >= 15 is 0 Å². The number of aromatic carboxylic acids is 1. The van der Waals surface area contributed by atoms with Gasteiger partial charge in [-0.1, -0.05) is 24.3 Å². The number of nitrogens with zero attached hydrogens (tertiary/aromatic N) is 1. The van der Waals surface area contributed by atoms with E-state index in [1.54, 1.807) is 24.3 Å². The first-order chi connectivity index (χ1) is 14.3. The summed E-state index contributed by atoms with van der Waals surface area (Å²) in [6.07, 6.45) is 1.92. The summed E-state index contributed by atoms with van der Waals surface area (Å²) in [7, 11) is 0. The molecule has 0 radical (unpaired) electrons. The molecule has 0 saturated carbocycles. The minimum absolute atomic E-state index is 0.0904. The van der Waals surface area contributed by atoms with Gasteiger partial charge in [0.05, 0.1) is 17.8 Å². The number of hydrogen-bond acceptors (Lipinski definition) is 5. The van der Waals surface area contributed by atoms with Crippen LogP contribution in [0, 0.1) is 5.92 Å². The number of likely N-dealkylation sites (tertiary alicyclic amines) is 1. The summed E-state index contributed by atoms with van der Waals surface area (Å²) >= 11 is 0. The standard InChI is InChI=1S/C24H27NO5/c1-24(2)17-12-18-20(29-21(17)16-7-4-8-19(26)22(16)30-24)9-10-25(18)13-14-5-3-6-15(11-14)23(27)28/h3-8,11,17-18,20-21,26H,9-10,12-13H2,1-2H3,(H,27,28)/t17-,18+,20-,21+/m1/s1. The van der Waals surface area contributed by atoms with E-state index in [-0.39, 0.29) is 29.9 Å². The van der Waals surface area contributed by atoms with Gasteiger partial charge in [-0.3, -0.25) is 4.90 Å². The Balaban J connectivity index is 1.40. The van der Waals surface area contributed by atoms with Crippen LogP contribution in [0.1, 0.15) is 54.3 Å². The van der Waals surface area contributed by atoms with Gasteiger partial charge in [-0.15, -0.1) is 0 Å². The normalized spacial score (nSPS) is 29.4. The van der Waals surface area contributed by atoms with Crippen molar-refractivity contribution in [1.82, 2.24) is 4.90 Å². The molecule has 3 aliphatic rings. The molecule has 0 aromatic heterocycles. The second-order valence-electron chi connectivity index (χ2n) is 9.17. The lowest BCUT2D eigenvalue weighted by molar-refractivity contribution is -0.163. The maximum atomic E-state index is 11.3. The van der Waals surface area contributed by atoms with Crippen molar-refractivity contribution in [2.45, 2.75) is 57.1 Å². The third-order valence-electron chi connectivity index (χ3n) is 6.93. The van der Waals surface area contributed by atoms with Crippen LogP contribution in [0.2, 0.25) is 0 Å². The Kier molecular flexibility index (Phi) is 4.52. The molecule has 3 aliphatic heterocycles. The third-order valence-corrected chi connectivity index (χ3v) is 6.93. The largest absolute Gasteiger partial charge is 0.504 e. The van der Waals surface area contributed by atoms with Crippen LogP contribution >= 0.6 is 0 Å². The minimum atomic E-state index is -0.900. The van der Waals surface area contributed by atoms with Gasteiger partial charge in [-0.05, 0) is 50.5 Å². The molecule has 2 fully saturated rings. The molecular weight excluding hydrogens is 382 g/mol. The van der Waals surface area contributed by atoms with Gasteiger partial charge in [-0.2, -0.15) is 0 Å². The highest BCUT2D eigenvalue weighted by Crippen LogP contribution is 2.54. The average molecular weight is 409 g/mol. The number of fused-ring (bicyclic) bond motifs is 4. The molecule has 6 nitrogen and oxygen atoms in total. The fraction of sp³-hybridized carbons (Fsp3) is 0.458. The molecule has 0 aliphatic carbocycles. The summed E-state index contributed by atoms with van der Waals surface area (Å²) in [5.74, 6) is -0.0272.